The lowest BCUT2D eigenvalue weighted by atomic mass is 10.1. The highest BCUT2D eigenvalue weighted by Crippen LogP contribution is 2.17. The molecule has 2 aromatic heterocycles. The van der Waals surface area contributed by atoms with E-state index in [9.17, 15) is 4.79 Å². The Bertz CT molecular complexity index is 797. The number of H-pyrrole nitrogens is 1. The monoisotopic (exact) mass is 295 g/mol. The van der Waals surface area contributed by atoms with Crippen molar-refractivity contribution in [2.45, 2.75) is 19.9 Å². The summed E-state index contributed by atoms with van der Waals surface area (Å²) in [6.45, 7) is 3.86. The minimum absolute atomic E-state index is 0.0856. The van der Waals surface area contributed by atoms with E-state index in [1.807, 2.05) is 44.2 Å². The summed E-state index contributed by atoms with van der Waals surface area (Å²) in [6.07, 6.45) is 1.70. The molecule has 0 bridgehead atoms. The van der Waals surface area contributed by atoms with Gasteiger partial charge in [0.15, 0.2) is 0 Å². The van der Waals surface area contributed by atoms with Gasteiger partial charge in [-0.05, 0) is 19.4 Å². The van der Waals surface area contributed by atoms with Gasteiger partial charge in [0.05, 0.1) is 11.6 Å². The number of anilines is 1. The number of carbonyl (C=O) groups excluding carboxylic acids is 1. The van der Waals surface area contributed by atoms with Crippen molar-refractivity contribution in [1.82, 2.24) is 20.5 Å². The first kappa shape index (κ1) is 14.1. The summed E-state index contributed by atoms with van der Waals surface area (Å²) >= 11 is 0. The Morgan fingerprint density at radius 3 is 2.82 bits per heavy atom. The van der Waals surface area contributed by atoms with Gasteiger partial charge >= 0.3 is 6.03 Å². The van der Waals surface area contributed by atoms with Gasteiger partial charge < -0.3 is 5.32 Å². The zero-order valence-electron chi connectivity index (χ0n) is 12.4. The van der Waals surface area contributed by atoms with Crippen molar-refractivity contribution in [2.24, 2.45) is 0 Å². The molecule has 1 unspecified atom stereocenters. The fourth-order valence-corrected chi connectivity index (χ4v) is 2.27. The standard InChI is InChI=1S/C16H17N5O/c1-10(12-6-4-3-5-7-12)18-16(22)19-15-8-14-13(9-17-15)11(2)20-21-14/h3-10H,1-2H3,(H,20,21)(H2,17,18,19,22). The number of amides is 2. The van der Waals surface area contributed by atoms with Crippen LogP contribution < -0.4 is 10.6 Å². The smallest absolute Gasteiger partial charge is 0.320 e. The number of aromatic amines is 1. The Balaban J connectivity index is 1.67. The van der Waals surface area contributed by atoms with Crippen LogP contribution in [0.3, 0.4) is 0 Å². The van der Waals surface area contributed by atoms with E-state index in [1.165, 1.54) is 0 Å². The second-order valence-corrected chi connectivity index (χ2v) is 5.17. The first-order valence-electron chi connectivity index (χ1n) is 7.06. The Kier molecular flexibility index (Phi) is 3.74. The van der Waals surface area contributed by atoms with E-state index in [-0.39, 0.29) is 12.1 Å². The number of fused-ring (bicyclic) bond motifs is 1. The van der Waals surface area contributed by atoms with Crippen LogP contribution in [0.4, 0.5) is 10.6 Å². The molecule has 0 radical (unpaired) electrons. The van der Waals surface area contributed by atoms with E-state index in [0.29, 0.717) is 5.82 Å². The Hall–Kier alpha value is -2.89. The summed E-state index contributed by atoms with van der Waals surface area (Å²) in [5.74, 6) is 0.469. The van der Waals surface area contributed by atoms with E-state index in [2.05, 4.69) is 25.8 Å². The van der Waals surface area contributed by atoms with E-state index in [4.69, 9.17) is 0 Å². The first-order chi connectivity index (χ1) is 10.6. The molecule has 112 valence electrons. The van der Waals surface area contributed by atoms with Gasteiger partial charge in [-0.3, -0.25) is 10.4 Å². The number of hydrogen-bond donors (Lipinski definition) is 3. The Morgan fingerprint density at radius 1 is 1.27 bits per heavy atom. The molecule has 0 spiro atoms. The normalized spacial score (nSPS) is 12.1. The molecule has 0 fully saturated rings. The van der Waals surface area contributed by atoms with Crippen LogP contribution in [0.15, 0.2) is 42.6 Å². The van der Waals surface area contributed by atoms with Gasteiger partial charge in [0.1, 0.15) is 5.82 Å². The average molecular weight is 295 g/mol. The van der Waals surface area contributed by atoms with Crippen molar-refractivity contribution in [1.29, 1.82) is 0 Å². The van der Waals surface area contributed by atoms with E-state index in [1.54, 1.807) is 12.3 Å². The summed E-state index contributed by atoms with van der Waals surface area (Å²) in [4.78, 5) is 16.3. The first-order valence-corrected chi connectivity index (χ1v) is 7.06. The second kappa shape index (κ2) is 5.85. The number of pyridine rings is 1. The van der Waals surface area contributed by atoms with Crippen molar-refractivity contribution < 1.29 is 4.79 Å². The lowest BCUT2D eigenvalue weighted by Gasteiger charge is -2.14. The van der Waals surface area contributed by atoms with Crippen LogP contribution in [0.2, 0.25) is 0 Å². The molecule has 3 rings (SSSR count). The predicted molar refractivity (Wildman–Crippen MR) is 85.6 cm³/mol. The topological polar surface area (TPSA) is 82.7 Å². The second-order valence-electron chi connectivity index (χ2n) is 5.17. The van der Waals surface area contributed by atoms with Crippen LogP contribution in [-0.2, 0) is 0 Å². The summed E-state index contributed by atoms with van der Waals surface area (Å²) in [6, 6.07) is 11.1. The zero-order chi connectivity index (χ0) is 15.5. The molecule has 3 aromatic rings. The average Bonchev–Trinajstić information content (AvgIpc) is 2.89. The van der Waals surface area contributed by atoms with E-state index < -0.39 is 0 Å². The van der Waals surface area contributed by atoms with Gasteiger partial charge in [-0.15, -0.1) is 0 Å². The molecule has 22 heavy (non-hydrogen) atoms. The predicted octanol–water partition coefficient (Wildman–Crippen LogP) is 3.15. The third-order valence-electron chi connectivity index (χ3n) is 3.52. The number of nitrogens with zero attached hydrogens (tertiary/aromatic N) is 2. The minimum Gasteiger partial charge on any atom is -0.331 e. The molecule has 0 aliphatic heterocycles. The minimum atomic E-state index is -0.296. The summed E-state index contributed by atoms with van der Waals surface area (Å²) < 4.78 is 0. The maximum absolute atomic E-state index is 12.0. The third-order valence-corrected chi connectivity index (χ3v) is 3.52. The SMILES string of the molecule is Cc1[nH]nc2cc(NC(=O)NC(C)c3ccccc3)ncc12. The number of aromatic nitrogens is 3. The Morgan fingerprint density at radius 2 is 2.05 bits per heavy atom. The molecule has 0 aliphatic carbocycles. The molecular formula is C16H17N5O. The lowest BCUT2D eigenvalue weighted by Crippen LogP contribution is -2.31. The Labute approximate surface area is 128 Å². The highest BCUT2D eigenvalue weighted by atomic mass is 16.2. The number of carbonyl (C=O) groups is 1. The van der Waals surface area contributed by atoms with Crippen molar-refractivity contribution in [3.63, 3.8) is 0 Å². The fraction of sp³-hybridized carbons (Fsp3) is 0.188. The van der Waals surface area contributed by atoms with Crippen molar-refractivity contribution in [3.05, 3.63) is 53.9 Å². The van der Waals surface area contributed by atoms with E-state index in [0.717, 1.165) is 22.2 Å². The number of hydrogen-bond acceptors (Lipinski definition) is 3. The maximum atomic E-state index is 12.0. The number of urea groups is 1. The molecule has 6 heteroatoms. The van der Waals surface area contributed by atoms with Crippen LogP contribution in [0.1, 0.15) is 24.2 Å². The summed E-state index contributed by atoms with van der Waals surface area (Å²) in [7, 11) is 0. The molecule has 0 saturated heterocycles. The van der Waals surface area contributed by atoms with Crippen molar-refractivity contribution in [3.8, 4) is 0 Å². The number of rotatable bonds is 3. The van der Waals surface area contributed by atoms with Gasteiger partial charge in [-0.25, -0.2) is 9.78 Å². The number of aryl methyl sites for hydroxylation is 1. The molecule has 1 aromatic carbocycles. The highest BCUT2D eigenvalue weighted by molar-refractivity contribution is 5.91. The van der Waals surface area contributed by atoms with Crippen LogP contribution in [0.5, 0.6) is 0 Å². The fourth-order valence-electron chi connectivity index (χ4n) is 2.27. The lowest BCUT2D eigenvalue weighted by molar-refractivity contribution is 0.249. The highest BCUT2D eigenvalue weighted by Gasteiger charge is 2.10. The third kappa shape index (κ3) is 2.90. The van der Waals surface area contributed by atoms with Gasteiger partial charge in [0.2, 0.25) is 0 Å². The van der Waals surface area contributed by atoms with E-state index >= 15 is 0 Å². The van der Waals surface area contributed by atoms with Crippen LogP contribution in [0.25, 0.3) is 10.9 Å². The maximum Gasteiger partial charge on any atom is 0.320 e. The van der Waals surface area contributed by atoms with Crippen LogP contribution >= 0.6 is 0 Å². The van der Waals surface area contributed by atoms with Gasteiger partial charge in [-0.1, -0.05) is 30.3 Å². The molecule has 2 heterocycles. The van der Waals surface area contributed by atoms with Gasteiger partial charge in [0, 0.05) is 23.3 Å². The molecular weight excluding hydrogens is 278 g/mol. The van der Waals surface area contributed by atoms with Gasteiger partial charge in [-0.2, -0.15) is 5.10 Å². The van der Waals surface area contributed by atoms with Crippen molar-refractivity contribution in [2.75, 3.05) is 5.32 Å². The van der Waals surface area contributed by atoms with Crippen LogP contribution in [-0.4, -0.2) is 21.2 Å². The van der Waals surface area contributed by atoms with Crippen LogP contribution in [0, 0.1) is 6.92 Å². The summed E-state index contributed by atoms with van der Waals surface area (Å²) in [5.41, 5.74) is 2.78. The van der Waals surface area contributed by atoms with Crippen molar-refractivity contribution >= 4 is 22.8 Å². The van der Waals surface area contributed by atoms with Gasteiger partial charge in [0.25, 0.3) is 0 Å². The summed E-state index contributed by atoms with van der Waals surface area (Å²) in [5, 5.41) is 13.6. The largest absolute Gasteiger partial charge is 0.331 e. The number of benzene rings is 1. The molecule has 3 N–H and O–H groups in total. The molecule has 6 nitrogen and oxygen atoms in total. The quantitative estimate of drug-likeness (QED) is 0.694. The molecule has 1 atom stereocenters. The zero-order valence-corrected chi connectivity index (χ0v) is 12.4. The molecule has 0 saturated carbocycles. The molecule has 0 aliphatic rings. The molecule has 2 amide bonds. The number of nitrogens with one attached hydrogen (secondary N) is 3.